The molecule has 1 aromatic heterocycles. The molecule has 4 heteroatoms. The van der Waals surface area contributed by atoms with Crippen molar-refractivity contribution >= 4 is 5.91 Å². The van der Waals surface area contributed by atoms with E-state index >= 15 is 0 Å². The Hall–Kier alpha value is -2.10. The van der Waals surface area contributed by atoms with E-state index in [1.54, 1.807) is 0 Å². The smallest absolute Gasteiger partial charge is 0.251 e. The van der Waals surface area contributed by atoms with Crippen LogP contribution in [0.4, 0.5) is 0 Å². The van der Waals surface area contributed by atoms with Crippen molar-refractivity contribution in [3.05, 3.63) is 52.3 Å². The Morgan fingerprint density at radius 2 is 1.95 bits per heavy atom. The Bertz CT molecular complexity index is 673. The van der Waals surface area contributed by atoms with Gasteiger partial charge in [-0.05, 0) is 51.3 Å². The van der Waals surface area contributed by atoms with Crippen LogP contribution in [-0.2, 0) is 6.54 Å². The maximum atomic E-state index is 12.3. The van der Waals surface area contributed by atoms with Crippen molar-refractivity contribution in [2.75, 3.05) is 6.54 Å². The highest BCUT2D eigenvalue weighted by Gasteiger charge is 2.12. The summed E-state index contributed by atoms with van der Waals surface area (Å²) in [7, 11) is 0. The molecular formula is C18H25N3O. The lowest BCUT2D eigenvalue weighted by atomic mass is 10.0. The summed E-state index contributed by atoms with van der Waals surface area (Å²) in [6.07, 6.45) is 0. The zero-order valence-electron chi connectivity index (χ0n) is 14.1. The lowest BCUT2D eigenvalue weighted by Gasteiger charge is -2.15. The summed E-state index contributed by atoms with van der Waals surface area (Å²) < 4.78 is 2.00. The van der Waals surface area contributed by atoms with Gasteiger partial charge in [-0.1, -0.05) is 24.6 Å². The fraction of sp³-hybridized carbons (Fsp3) is 0.444. The SMILES string of the molecule is Cc1ccc(C)c(C(=O)NCC(C)Cn2nc(C)cc2C)c1. The normalized spacial score (nSPS) is 12.2. The van der Waals surface area contributed by atoms with Crippen LogP contribution >= 0.6 is 0 Å². The van der Waals surface area contributed by atoms with E-state index in [2.05, 4.69) is 30.3 Å². The molecule has 118 valence electrons. The minimum Gasteiger partial charge on any atom is -0.352 e. The second-order valence-corrected chi connectivity index (χ2v) is 6.24. The zero-order chi connectivity index (χ0) is 16.3. The van der Waals surface area contributed by atoms with Crippen LogP contribution in [0.25, 0.3) is 0 Å². The van der Waals surface area contributed by atoms with Gasteiger partial charge in [0.15, 0.2) is 0 Å². The van der Waals surface area contributed by atoms with Crippen molar-refractivity contribution in [3.63, 3.8) is 0 Å². The van der Waals surface area contributed by atoms with Gasteiger partial charge in [0, 0.05) is 24.3 Å². The topological polar surface area (TPSA) is 46.9 Å². The number of amides is 1. The molecule has 0 bridgehead atoms. The van der Waals surface area contributed by atoms with E-state index in [0.717, 1.165) is 34.6 Å². The third-order valence-corrected chi connectivity index (χ3v) is 3.84. The van der Waals surface area contributed by atoms with Gasteiger partial charge in [0.05, 0.1) is 5.69 Å². The first-order valence-electron chi connectivity index (χ1n) is 7.73. The third kappa shape index (κ3) is 3.97. The Kier molecular flexibility index (Phi) is 5.01. The molecule has 2 rings (SSSR count). The van der Waals surface area contributed by atoms with E-state index in [1.165, 1.54) is 0 Å². The van der Waals surface area contributed by atoms with Gasteiger partial charge >= 0.3 is 0 Å². The molecule has 0 aliphatic rings. The molecule has 0 fully saturated rings. The summed E-state index contributed by atoms with van der Waals surface area (Å²) in [5.41, 5.74) is 5.06. The van der Waals surface area contributed by atoms with Crippen LogP contribution in [0.2, 0.25) is 0 Å². The summed E-state index contributed by atoms with van der Waals surface area (Å²) >= 11 is 0. The van der Waals surface area contributed by atoms with Gasteiger partial charge in [0.25, 0.3) is 5.91 Å². The second-order valence-electron chi connectivity index (χ2n) is 6.24. The van der Waals surface area contributed by atoms with Gasteiger partial charge in [0.2, 0.25) is 0 Å². The van der Waals surface area contributed by atoms with E-state index < -0.39 is 0 Å². The number of hydrogen-bond acceptors (Lipinski definition) is 2. The van der Waals surface area contributed by atoms with Gasteiger partial charge in [-0.15, -0.1) is 0 Å². The van der Waals surface area contributed by atoms with Crippen LogP contribution in [0.3, 0.4) is 0 Å². The van der Waals surface area contributed by atoms with Gasteiger partial charge in [-0.25, -0.2) is 0 Å². The molecule has 22 heavy (non-hydrogen) atoms. The predicted molar refractivity (Wildman–Crippen MR) is 89.1 cm³/mol. The molecule has 0 aliphatic carbocycles. The molecule has 0 aliphatic heterocycles. The fourth-order valence-electron chi connectivity index (χ4n) is 2.56. The monoisotopic (exact) mass is 299 g/mol. The molecule has 1 unspecified atom stereocenters. The van der Waals surface area contributed by atoms with Crippen LogP contribution in [0, 0.1) is 33.6 Å². The number of hydrogen-bond donors (Lipinski definition) is 1. The summed E-state index contributed by atoms with van der Waals surface area (Å²) in [5.74, 6) is 0.327. The number of rotatable bonds is 5. The number of nitrogens with one attached hydrogen (secondary N) is 1. The number of carbonyl (C=O) groups is 1. The number of benzene rings is 1. The first kappa shape index (κ1) is 16.3. The predicted octanol–water partition coefficient (Wildman–Crippen LogP) is 3.18. The minimum atomic E-state index is 0.00131. The van der Waals surface area contributed by atoms with E-state index in [0.29, 0.717) is 12.5 Å². The quantitative estimate of drug-likeness (QED) is 0.921. The molecule has 0 spiro atoms. The summed E-state index contributed by atoms with van der Waals surface area (Å²) in [6, 6.07) is 8.03. The molecule has 1 heterocycles. The summed E-state index contributed by atoms with van der Waals surface area (Å²) in [6.45, 7) is 11.6. The lowest BCUT2D eigenvalue weighted by molar-refractivity contribution is 0.0946. The highest BCUT2D eigenvalue weighted by Crippen LogP contribution is 2.11. The van der Waals surface area contributed by atoms with E-state index in [-0.39, 0.29) is 5.91 Å². The third-order valence-electron chi connectivity index (χ3n) is 3.84. The molecule has 1 aromatic carbocycles. The molecule has 1 amide bonds. The van der Waals surface area contributed by atoms with Gasteiger partial charge < -0.3 is 5.32 Å². The lowest BCUT2D eigenvalue weighted by Crippen LogP contribution is -2.30. The van der Waals surface area contributed by atoms with Crippen LogP contribution < -0.4 is 5.32 Å². The summed E-state index contributed by atoms with van der Waals surface area (Å²) in [4.78, 5) is 12.3. The van der Waals surface area contributed by atoms with Crippen molar-refractivity contribution in [3.8, 4) is 0 Å². The summed E-state index contributed by atoms with van der Waals surface area (Å²) in [5, 5.41) is 7.50. The van der Waals surface area contributed by atoms with Crippen molar-refractivity contribution in [1.82, 2.24) is 15.1 Å². The zero-order valence-corrected chi connectivity index (χ0v) is 14.1. The van der Waals surface area contributed by atoms with Crippen molar-refractivity contribution in [2.45, 2.75) is 41.2 Å². The van der Waals surface area contributed by atoms with Crippen LogP contribution in [0.5, 0.6) is 0 Å². The van der Waals surface area contributed by atoms with Gasteiger partial charge in [0.1, 0.15) is 0 Å². The van der Waals surface area contributed by atoms with Crippen molar-refractivity contribution < 1.29 is 4.79 Å². The number of nitrogens with zero attached hydrogens (tertiary/aromatic N) is 2. The molecule has 1 atom stereocenters. The average Bonchev–Trinajstić information content (AvgIpc) is 2.77. The first-order chi connectivity index (χ1) is 10.4. The number of carbonyl (C=O) groups excluding carboxylic acids is 1. The Balaban J connectivity index is 1.93. The average molecular weight is 299 g/mol. The molecule has 2 aromatic rings. The fourth-order valence-corrected chi connectivity index (χ4v) is 2.56. The van der Waals surface area contributed by atoms with Gasteiger partial charge in [-0.3, -0.25) is 9.48 Å². The minimum absolute atomic E-state index is 0.00131. The molecule has 0 saturated carbocycles. The van der Waals surface area contributed by atoms with Crippen LogP contribution in [-0.4, -0.2) is 22.2 Å². The molecular weight excluding hydrogens is 274 g/mol. The van der Waals surface area contributed by atoms with Crippen molar-refractivity contribution in [1.29, 1.82) is 0 Å². The number of aromatic nitrogens is 2. The van der Waals surface area contributed by atoms with Crippen molar-refractivity contribution in [2.24, 2.45) is 5.92 Å². The molecule has 1 N–H and O–H groups in total. The second kappa shape index (κ2) is 6.77. The Morgan fingerprint density at radius 1 is 1.23 bits per heavy atom. The van der Waals surface area contributed by atoms with Gasteiger partial charge in [-0.2, -0.15) is 5.10 Å². The van der Waals surface area contributed by atoms with E-state index in [4.69, 9.17) is 0 Å². The molecule has 0 radical (unpaired) electrons. The van der Waals surface area contributed by atoms with E-state index in [1.807, 2.05) is 43.7 Å². The van der Waals surface area contributed by atoms with E-state index in [9.17, 15) is 4.79 Å². The largest absolute Gasteiger partial charge is 0.352 e. The van der Waals surface area contributed by atoms with Crippen LogP contribution in [0.15, 0.2) is 24.3 Å². The maximum absolute atomic E-state index is 12.3. The number of aryl methyl sites for hydroxylation is 4. The molecule has 0 saturated heterocycles. The highest BCUT2D eigenvalue weighted by molar-refractivity contribution is 5.95. The molecule has 4 nitrogen and oxygen atoms in total. The Morgan fingerprint density at radius 3 is 2.59 bits per heavy atom. The van der Waals surface area contributed by atoms with Crippen LogP contribution in [0.1, 0.15) is 39.8 Å². The first-order valence-corrected chi connectivity index (χ1v) is 7.73. The Labute approximate surface area is 132 Å². The highest BCUT2D eigenvalue weighted by atomic mass is 16.1. The standard InChI is InChI=1S/C18H25N3O/c1-12-6-7-14(3)17(8-12)18(22)19-10-13(2)11-21-16(5)9-15(4)20-21/h6-9,13H,10-11H2,1-5H3,(H,19,22). The maximum Gasteiger partial charge on any atom is 0.251 e.